The van der Waals surface area contributed by atoms with Crippen molar-refractivity contribution in [1.29, 1.82) is 0 Å². The molecule has 0 amide bonds. The van der Waals surface area contributed by atoms with Crippen molar-refractivity contribution in [2.75, 3.05) is 13.6 Å². The Balaban J connectivity index is 2.89. The first-order valence-corrected chi connectivity index (χ1v) is 4.20. The number of nitrogens with zero attached hydrogens (tertiary/aromatic N) is 2. The summed E-state index contributed by atoms with van der Waals surface area (Å²) in [4.78, 5) is 5.72. The van der Waals surface area contributed by atoms with Gasteiger partial charge in [-0.2, -0.15) is 8.42 Å². The monoisotopic (exact) mass is 172 g/mol. The van der Waals surface area contributed by atoms with Crippen LogP contribution < -0.4 is 0 Å². The highest BCUT2D eigenvalue weighted by atomic mass is 32.2. The van der Waals surface area contributed by atoms with E-state index in [0.29, 0.717) is 5.70 Å². The topological polar surface area (TPSA) is 49.7 Å². The average molecular weight is 172 g/mol. The molecule has 0 aliphatic carbocycles. The van der Waals surface area contributed by atoms with Gasteiger partial charge in [0.1, 0.15) is 0 Å². The maximum absolute atomic E-state index is 10.2. The Kier molecular flexibility index (Phi) is 2.43. The molecule has 0 aromatic heterocycles. The van der Waals surface area contributed by atoms with Crippen molar-refractivity contribution >= 4 is 21.9 Å². The van der Waals surface area contributed by atoms with Crippen LogP contribution in [0.4, 0.5) is 0 Å². The second kappa shape index (κ2) is 3.34. The van der Waals surface area contributed by atoms with Gasteiger partial charge in [-0.25, -0.2) is 0 Å². The highest BCUT2D eigenvalue weighted by Gasteiger charge is 1.98. The number of allylic oxidation sites excluding steroid dienone is 1. The first-order valence-electron chi connectivity index (χ1n) is 3.06. The molecule has 5 heteroatoms. The van der Waals surface area contributed by atoms with E-state index in [2.05, 4.69) is 4.99 Å². The van der Waals surface area contributed by atoms with Gasteiger partial charge >= 0.3 is 0 Å². The summed E-state index contributed by atoms with van der Waals surface area (Å²) in [7, 11) is -0.308. The van der Waals surface area contributed by atoms with Gasteiger partial charge in [-0.05, 0) is 0 Å². The van der Waals surface area contributed by atoms with E-state index >= 15 is 0 Å². The molecule has 0 radical (unpaired) electrons. The standard InChI is InChI=1S/C6H8N2O2S/c1-8-3-2-7-6(4-8)5-11(9)10/h2,4-5H,3H2,1H3. The number of rotatable bonds is 1. The van der Waals surface area contributed by atoms with Crippen molar-refractivity contribution in [1.82, 2.24) is 4.90 Å². The number of hydrogen-bond acceptors (Lipinski definition) is 4. The van der Waals surface area contributed by atoms with Crippen LogP contribution in [0.2, 0.25) is 0 Å². The molecule has 0 aromatic carbocycles. The molecule has 0 N–H and O–H groups in total. The van der Waals surface area contributed by atoms with Gasteiger partial charge in [-0.1, -0.05) is 0 Å². The lowest BCUT2D eigenvalue weighted by Gasteiger charge is -2.14. The van der Waals surface area contributed by atoms with Crippen LogP contribution in [-0.4, -0.2) is 38.5 Å². The summed E-state index contributed by atoms with van der Waals surface area (Å²) >= 11 is 0. The summed E-state index contributed by atoms with van der Waals surface area (Å²) < 4.78 is 20.4. The minimum Gasteiger partial charge on any atom is -0.373 e. The molecule has 1 aliphatic heterocycles. The predicted molar refractivity (Wildman–Crippen MR) is 44.2 cm³/mol. The fourth-order valence-electron chi connectivity index (χ4n) is 0.746. The molecular formula is C6H8N2O2S. The molecule has 0 fully saturated rings. The van der Waals surface area contributed by atoms with Crippen molar-refractivity contribution in [2.24, 2.45) is 4.99 Å². The van der Waals surface area contributed by atoms with Crippen LogP contribution in [0.1, 0.15) is 0 Å². The third kappa shape index (κ3) is 2.55. The summed E-state index contributed by atoms with van der Waals surface area (Å²) in [6.07, 6.45) is 3.34. The van der Waals surface area contributed by atoms with E-state index in [1.165, 1.54) is 0 Å². The summed E-state index contributed by atoms with van der Waals surface area (Å²) in [6.45, 7) is 0.725. The van der Waals surface area contributed by atoms with Crippen molar-refractivity contribution in [3.05, 3.63) is 11.9 Å². The van der Waals surface area contributed by atoms with Gasteiger partial charge in [-0.3, -0.25) is 4.99 Å². The lowest BCUT2D eigenvalue weighted by Crippen LogP contribution is -2.17. The number of aliphatic imine (C=N–C) groups is 1. The van der Waals surface area contributed by atoms with Gasteiger partial charge in [0.05, 0.1) is 17.6 Å². The largest absolute Gasteiger partial charge is 0.373 e. The molecule has 0 bridgehead atoms. The van der Waals surface area contributed by atoms with E-state index in [9.17, 15) is 8.42 Å². The molecule has 0 spiro atoms. The van der Waals surface area contributed by atoms with Crippen LogP contribution in [0, 0.1) is 0 Å². The minimum absolute atomic E-state index is 0.465. The van der Waals surface area contributed by atoms with Crippen LogP contribution in [0.5, 0.6) is 0 Å². The summed E-state index contributed by atoms with van der Waals surface area (Å²) in [5.41, 5.74) is 0.465. The lowest BCUT2D eigenvalue weighted by molar-refractivity contribution is 0.519. The molecule has 1 heterocycles. The first kappa shape index (κ1) is 8.00. The summed E-state index contributed by atoms with van der Waals surface area (Å²) in [5, 5.41) is 1.08. The minimum atomic E-state index is -2.16. The molecule has 0 aromatic rings. The number of hydrogen-bond donors (Lipinski definition) is 0. The normalized spacial score (nSPS) is 16.1. The molecule has 1 aliphatic rings. The van der Waals surface area contributed by atoms with Crippen molar-refractivity contribution in [3.63, 3.8) is 0 Å². The summed E-state index contributed by atoms with van der Waals surface area (Å²) in [5.74, 6) is 0. The fraction of sp³-hybridized carbons (Fsp3) is 0.333. The van der Waals surface area contributed by atoms with Crippen molar-refractivity contribution < 1.29 is 8.42 Å². The highest BCUT2D eigenvalue weighted by Crippen LogP contribution is 1.98. The molecule has 0 atom stereocenters. The fourth-order valence-corrected chi connectivity index (χ4v) is 1.07. The van der Waals surface area contributed by atoms with Crippen LogP contribution >= 0.6 is 0 Å². The average Bonchev–Trinajstić information content (AvgIpc) is 1.85. The maximum Gasteiger partial charge on any atom is 0.216 e. The highest BCUT2D eigenvalue weighted by molar-refractivity contribution is 7.71. The molecular weight excluding hydrogens is 164 g/mol. The van der Waals surface area contributed by atoms with E-state index in [-0.39, 0.29) is 0 Å². The summed E-state index contributed by atoms with van der Waals surface area (Å²) in [6, 6.07) is 0. The van der Waals surface area contributed by atoms with Gasteiger partial charge in [0.15, 0.2) is 0 Å². The van der Waals surface area contributed by atoms with Gasteiger partial charge in [0.25, 0.3) is 0 Å². The Bertz CT molecular complexity index is 318. The molecule has 11 heavy (non-hydrogen) atoms. The molecule has 0 unspecified atom stereocenters. The van der Waals surface area contributed by atoms with E-state index < -0.39 is 10.3 Å². The van der Waals surface area contributed by atoms with Gasteiger partial charge in [0, 0.05) is 19.5 Å². The third-order valence-electron chi connectivity index (χ3n) is 1.18. The quantitative estimate of drug-likeness (QED) is 0.502. The Labute approximate surface area is 66.4 Å². The van der Waals surface area contributed by atoms with Crippen molar-refractivity contribution in [3.8, 4) is 0 Å². The van der Waals surface area contributed by atoms with E-state index in [1.807, 2.05) is 11.9 Å². The third-order valence-corrected chi connectivity index (χ3v) is 1.61. The molecule has 4 nitrogen and oxygen atoms in total. The zero-order valence-corrected chi connectivity index (χ0v) is 6.87. The first-order chi connectivity index (χ1) is 5.18. The van der Waals surface area contributed by atoms with Gasteiger partial charge in [-0.15, -0.1) is 0 Å². The second-order valence-electron chi connectivity index (χ2n) is 2.18. The van der Waals surface area contributed by atoms with Crippen LogP contribution in [0.3, 0.4) is 0 Å². The van der Waals surface area contributed by atoms with Gasteiger partial charge < -0.3 is 4.90 Å². The van der Waals surface area contributed by atoms with E-state index in [4.69, 9.17) is 0 Å². The maximum atomic E-state index is 10.2. The Hall–Kier alpha value is -1.10. The van der Waals surface area contributed by atoms with E-state index in [0.717, 1.165) is 11.9 Å². The Morgan fingerprint density at radius 3 is 3.00 bits per heavy atom. The molecule has 0 saturated carbocycles. The zero-order chi connectivity index (χ0) is 8.27. The smallest absolute Gasteiger partial charge is 0.216 e. The second-order valence-corrected chi connectivity index (χ2v) is 2.94. The molecule has 1 rings (SSSR count). The van der Waals surface area contributed by atoms with Crippen LogP contribution in [-0.2, 0) is 10.3 Å². The SMILES string of the molecule is CN1C=C(C=S(=O)=O)N=CC1. The van der Waals surface area contributed by atoms with Crippen LogP contribution in [0.25, 0.3) is 0 Å². The molecule has 60 valence electrons. The molecule has 0 saturated heterocycles. The zero-order valence-electron chi connectivity index (χ0n) is 6.06. The lowest BCUT2D eigenvalue weighted by atomic mass is 10.4. The Morgan fingerprint density at radius 1 is 1.73 bits per heavy atom. The predicted octanol–water partition coefficient (Wildman–Crippen LogP) is -0.475. The van der Waals surface area contributed by atoms with Gasteiger partial charge in [0.2, 0.25) is 10.3 Å². The van der Waals surface area contributed by atoms with Crippen LogP contribution in [0.15, 0.2) is 16.9 Å². The van der Waals surface area contributed by atoms with Crippen molar-refractivity contribution in [2.45, 2.75) is 0 Å². The van der Waals surface area contributed by atoms with E-state index in [1.54, 1.807) is 12.4 Å². The Morgan fingerprint density at radius 2 is 2.45 bits per heavy atom.